The molecular formula is C5H9NO6S. The van der Waals surface area contributed by atoms with Gasteiger partial charge in [0.15, 0.2) is 0 Å². The minimum atomic E-state index is -1.82. The predicted molar refractivity (Wildman–Crippen MR) is 44.7 cm³/mol. The van der Waals surface area contributed by atoms with E-state index in [0.29, 0.717) is 0 Å². The van der Waals surface area contributed by atoms with Crippen molar-refractivity contribution in [1.29, 1.82) is 0 Å². The van der Waals surface area contributed by atoms with Crippen LogP contribution in [0.2, 0.25) is 0 Å². The summed E-state index contributed by atoms with van der Waals surface area (Å²) in [7, 11) is 0. The molecule has 0 saturated heterocycles. The average Bonchev–Trinajstić information content (AvgIpc) is 2.03. The summed E-state index contributed by atoms with van der Waals surface area (Å²) < 4.78 is 0. The lowest BCUT2D eigenvalue weighted by Gasteiger charge is -1.96. The third-order valence-electron chi connectivity index (χ3n) is 0.697. The van der Waals surface area contributed by atoms with E-state index in [1.54, 1.807) is 0 Å². The van der Waals surface area contributed by atoms with Crippen molar-refractivity contribution in [2.24, 2.45) is 5.73 Å². The van der Waals surface area contributed by atoms with Crippen molar-refractivity contribution in [2.45, 2.75) is 6.04 Å². The Labute approximate surface area is 78.6 Å². The molecule has 0 aromatic rings. The second kappa shape index (κ2) is 7.37. The maximum atomic E-state index is 9.76. The lowest BCUT2D eigenvalue weighted by atomic mass is 10.4. The molecule has 8 heteroatoms. The van der Waals surface area contributed by atoms with Crippen molar-refractivity contribution < 1.29 is 29.7 Å². The van der Waals surface area contributed by atoms with Crippen molar-refractivity contribution in [2.75, 3.05) is 5.75 Å². The molecule has 0 spiro atoms. The zero-order valence-corrected chi connectivity index (χ0v) is 7.27. The number of nitrogens with two attached hydrogens (primary N) is 1. The highest BCUT2D eigenvalue weighted by Gasteiger charge is 2.06. The number of rotatable bonds is 2. The molecule has 0 aliphatic carbocycles. The van der Waals surface area contributed by atoms with E-state index in [1.165, 1.54) is 0 Å². The van der Waals surface area contributed by atoms with Gasteiger partial charge in [0.1, 0.15) is 6.04 Å². The standard InChI is InChI=1S/C3H7NO2S.C2H2O4/c4-2(1-7)3(5)6;3-1(4)2(5)6/h2,7H,1,4H2,(H,5,6);(H,3,4)(H,5,6). The molecule has 1 unspecified atom stereocenters. The molecule has 0 aliphatic heterocycles. The van der Waals surface area contributed by atoms with Crippen LogP contribution in [0.5, 0.6) is 0 Å². The highest BCUT2D eigenvalue weighted by Crippen LogP contribution is 1.80. The van der Waals surface area contributed by atoms with Crippen LogP contribution >= 0.6 is 12.6 Å². The minimum Gasteiger partial charge on any atom is -0.480 e. The fraction of sp³-hybridized carbons (Fsp3) is 0.400. The maximum Gasteiger partial charge on any atom is 0.414 e. The van der Waals surface area contributed by atoms with E-state index in [9.17, 15) is 4.79 Å². The molecule has 76 valence electrons. The fourth-order valence-electron chi connectivity index (χ4n) is 0.0781. The quantitative estimate of drug-likeness (QED) is 0.276. The molecule has 0 radical (unpaired) electrons. The summed E-state index contributed by atoms with van der Waals surface area (Å²) >= 11 is 3.65. The van der Waals surface area contributed by atoms with Crippen LogP contribution in [0.1, 0.15) is 0 Å². The summed E-state index contributed by atoms with van der Waals surface area (Å²) in [5.41, 5.74) is 4.94. The monoisotopic (exact) mass is 211 g/mol. The molecule has 0 fully saturated rings. The summed E-state index contributed by atoms with van der Waals surface area (Å²) in [6, 6.07) is -0.816. The van der Waals surface area contributed by atoms with Gasteiger partial charge >= 0.3 is 17.9 Å². The molecule has 0 aromatic carbocycles. The zero-order chi connectivity index (χ0) is 11.0. The van der Waals surface area contributed by atoms with Crippen molar-refractivity contribution in [3.63, 3.8) is 0 Å². The van der Waals surface area contributed by atoms with Gasteiger partial charge in [0.25, 0.3) is 0 Å². The van der Waals surface area contributed by atoms with Crippen LogP contribution in [0.15, 0.2) is 0 Å². The van der Waals surface area contributed by atoms with Gasteiger partial charge in [-0.15, -0.1) is 0 Å². The van der Waals surface area contributed by atoms with Crippen molar-refractivity contribution in [1.82, 2.24) is 0 Å². The molecule has 0 saturated carbocycles. The summed E-state index contributed by atoms with van der Waals surface area (Å²) in [4.78, 5) is 28.0. The smallest absolute Gasteiger partial charge is 0.414 e. The van der Waals surface area contributed by atoms with Gasteiger partial charge in [-0.2, -0.15) is 12.6 Å². The van der Waals surface area contributed by atoms with Crippen LogP contribution < -0.4 is 5.73 Å². The zero-order valence-electron chi connectivity index (χ0n) is 6.38. The predicted octanol–water partition coefficient (Wildman–Crippen LogP) is -1.52. The molecule has 1 atom stereocenters. The topological polar surface area (TPSA) is 138 Å². The number of carbonyl (C=O) groups is 3. The van der Waals surface area contributed by atoms with Gasteiger partial charge in [-0.05, 0) is 0 Å². The van der Waals surface area contributed by atoms with E-state index in [4.69, 9.17) is 30.6 Å². The molecule has 7 nitrogen and oxygen atoms in total. The SMILES string of the molecule is NC(CS)C(=O)O.O=C(O)C(=O)O. The van der Waals surface area contributed by atoms with Gasteiger partial charge in [0, 0.05) is 5.75 Å². The Morgan fingerprint density at radius 3 is 1.46 bits per heavy atom. The first kappa shape index (κ1) is 14.3. The van der Waals surface area contributed by atoms with Crippen LogP contribution in [0.3, 0.4) is 0 Å². The average molecular weight is 211 g/mol. The van der Waals surface area contributed by atoms with Gasteiger partial charge < -0.3 is 21.1 Å². The summed E-state index contributed by atoms with van der Waals surface area (Å²) in [6.45, 7) is 0. The van der Waals surface area contributed by atoms with Crippen LogP contribution in [-0.2, 0) is 14.4 Å². The first-order valence-corrected chi connectivity index (χ1v) is 3.51. The minimum absolute atomic E-state index is 0.190. The highest BCUT2D eigenvalue weighted by atomic mass is 32.1. The van der Waals surface area contributed by atoms with E-state index in [-0.39, 0.29) is 5.75 Å². The molecule has 0 aliphatic rings. The van der Waals surface area contributed by atoms with Crippen LogP contribution in [-0.4, -0.2) is 45.0 Å². The van der Waals surface area contributed by atoms with Gasteiger partial charge in [-0.3, -0.25) is 4.79 Å². The van der Waals surface area contributed by atoms with Gasteiger partial charge in [0.05, 0.1) is 0 Å². The number of hydrogen-bond acceptors (Lipinski definition) is 5. The Kier molecular flexibility index (Phi) is 8.09. The van der Waals surface area contributed by atoms with E-state index in [0.717, 1.165) is 0 Å². The van der Waals surface area contributed by atoms with Gasteiger partial charge in [-0.1, -0.05) is 0 Å². The lowest BCUT2D eigenvalue weighted by Crippen LogP contribution is -2.31. The van der Waals surface area contributed by atoms with E-state index < -0.39 is 23.9 Å². The van der Waals surface area contributed by atoms with Crippen LogP contribution in [0.4, 0.5) is 0 Å². The molecule has 0 aromatic heterocycles. The van der Waals surface area contributed by atoms with Crippen LogP contribution in [0, 0.1) is 0 Å². The summed E-state index contributed by atoms with van der Waals surface area (Å²) in [5, 5.41) is 22.8. The Morgan fingerprint density at radius 1 is 1.15 bits per heavy atom. The first-order chi connectivity index (χ1) is 5.82. The van der Waals surface area contributed by atoms with E-state index in [2.05, 4.69) is 12.6 Å². The number of thiol groups is 1. The van der Waals surface area contributed by atoms with Crippen molar-refractivity contribution >= 4 is 30.5 Å². The van der Waals surface area contributed by atoms with Crippen molar-refractivity contribution in [3.8, 4) is 0 Å². The largest absolute Gasteiger partial charge is 0.480 e. The second-order valence-electron chi connectivity index (χ2n) is 1.74. The Balaban J connectivity index is 0. The summed E-state index contributed by atoms with van der Waals surface area (Å²) in [5.74, 6) is -4.46. The number of aliphatic carboxylic acids is 3. The Morgan fingerprint density at radius 2 is 1.46 bits per heavy atom. The number of carboxylic acids is 3. The molecule has 0 amide bonds. The highest BCUT2D eigenvalue weighted by molar-refractivity contribution is 7.80. The maximum absolute atomic E-state index is 9.76. The third-order valence-corrected chi connectivity index (χ3v) is 1.09. The van der Waals surface area contributed by atoms with Crippen molar-refractivity contribution in [3.05, 3.63) is 0 Å². The summed E-state index contributed by atoms with van der Waals surface area (Å²) in [6.07, 6.45) is 0. The van der Waals surface area contributed by atoms with E-state index >= 15 is 0 Å². The second-order valence-corrected chi connectivity index (χ2v) is 2.10. The number of carboxylic acid groups (broad SMARTS) is 3. The third kappa shape index (κ3) is 10.7. The molecule has 5 N–H and O–H groups in total. The fourth-order valence-corrected chi connectivity index (χ4v) is 0.234. The van der Waals surface area contributed by atoms with Gasteiger partial charge in [-0.25, -0.2) is 9.59 Å². The molecule has 0 rings (SSSR count). The van der Waals surface area contributed by atoms with Crippen LogP contribution in [0.25, 0.3) is 0 Å². The van der Waals surface area contributed by atoms with Gasteiger partial charge in [0.2, 0.25) is 0 Å². The molecule has 13 heavy (non-hydrogen) atoms. The Bertz CT molecular complexity index is 193. The lowest BCUT2D eigenvalue weighted by molar-refractivity contribution is -0.159. The molecule has 0 bridgehead atoms. The first-order valence-electron chi connectivity index (χ1n) is 2.88. The van der Waals surface area contributed by atoms with E-state index in [1.807, 2.05) is 0 Å². The Hall–Kier alpha value is -1.28. The number of hydrogen-bond donors (Lipinski definition) is 5. The molecule has 0 heterocycles. The molecular weight excluding hydrogens is 202 g/mol. The normalized spacial score (nSPS) is 10.6.